The maximum Gasteiger partial charge on any atom is 0.0849 e. The Balaban J connectivity index is 2.96. The van der Waals surface area contributed by atoms with E-state index in [-0.39, 0.29) is 5.41 Å². The van der Waals surface area contributed by atoms with Crippen molar-refractivity contribution in [3.63, 3.8) is 0 Å². The second-order valence-electron chi connectivity index (χ2n) is 5.45. The van der Waals surface area contributed by atoms with Crippen molar-refractivity contribution in [2.24, 2.45) is 12.5 Å². The first-order chi connectivity index (χ1) is 8.47. The molecule has 1 heterocycles. The second kappa shape index (κ2) is 6.58. The lowest BCUT2D eigenvalue weighted by Gasteiger charge is -2.29. The molecule has 0 aliphatic rings. The van der Waals surface area contributed by atoms with Crippen molar-refractivity contribution in [1.29, 1.82) is 0 Å². The third-order valence-corrected chi connectivity index (χ3v) is 3.99. The molecule has 0 aliphatic heterocycles. The number of halogens is 1. The van der Waals surface area contributed by atoms with Crippen LogP contribution >= 0.6 is 11.6 Å². The maximum atomic E-state index is 6.43. The van der Waals surface area contributed by atoms with Gasteiger partial charge in [0.2, 0.25) is 0 Å². The summed E-state index contributed by atoms with van der Waals surface area (Å²) in [7, 11) is 4.00. The van der Waals surface area contributed by atoms with Crippen LogP contribution in [0.3, 0.4) is 0 Å². The van der Waals surface area contributed by atoms with Crippen molar-refractivity contribution in [3.8, 4) is 0 Å². The van der Waals surface area contributed by atoms with Gasteiger partial charge in [0.05, 0.1) is 16.4 Å². The standard InChI is InChI=1S/C14H26ClN3/c1-6-8-14(3,10-16-4)9-12-13(15)11(7-2)17-18(12)5/h16H,6-10H2,1-5H3. The molecular formula is C14H26ClN3. The van der Waals surface area contributed by atoms with E-state index in [1.807, 2.05) is 18.8 Å². The van der Waals surface area contributed by atoms with E-state index in [9.17, 15) is 0 Å². The van der Waals surface area contributed by atoms with Gasteiger partial charge in [-0.2, -0.15) is 5.10 Å². The van der Waals surface area contributed by atoms with E-state index in [0.717, 1.165) is 30.1 Å². The number of hydrogen-bond acceptors (Lipinski definition) is 2. The number of rotatable bonds is 7. The van der Waals surface area contributed by atoms with E-state index in [1.165, 1.54) is 18.5 Å². The third-order valence-electron chi connectivity index (χ3n) is 3.55. The first-order valence-electron chi connectivity index (χ1n) is 6.82. The summed E-state index contributed by atoms with van der Waals surface area (Å²) in [5.41, 5.74) is 2.42. The fourth-order valence-electron chi connectivity index (χ4n) is 2.69. The molecule has 18 heavy (non-hydrogen) atoms. The number of nitrogens with one attached hydrogen (secondary N) is 1. The largest absolute Gasteiger partial charge is 0.319 e. The van der Waals surface area contributed by atoms with Crippen LogP contribution in [0.2, 0.25) is 5.02 Å². The van der Waals surface area contributed by atoms with Crippen molar-refractivity contribution in [3.05, 3.63) is 16.4 Å². The Bertz CT molecular complexity index is 379. The van der Waals surface area contributed by atoms with Crippen LogP contribution < -0.4 is 5.32 Å². The minimum atomic E-state index is 0.242. The van der Waals surface area contributed by atoms with E-state index in [2.05, 4.69) is 31.2 Å². The zero-order valence-corrected chi connectivity index (χ0v) is 13.1. The van der Waals surface area contributed by atoms with Gasteiger partial charge in [-0.1, -0.05) is 38.8 Å². The highest BCUT2D eigenvalue weighted by Crippen LogP contribution is 2.31. The van der Waals surface area contributed by atoms with E-state index in [4.69, 9.17) is 11.6 Å². The molecule has 0 saturated heterocycles. The van der Waals surface area contributed by atoms with Gasteiger partial charge in [0.1, 0.15) is 0 Å². The van der Waals surface area contributed by atoms with E-state index in [0.29, 0.717) is 0 Å². The van der Waals surface area contributed by atoms with Gasteiger partial charge in [0.15, 0.2) is 0 Å². The van der Waals surface area contributed by atoms with Crippen LogP contribution in [-0.4, -0.2) is 23.4 Å². The SMILES string of the molecule is CCCC(C)(CNC)Cc1c(Cl)c(CC)nn1C. The van der Waals surface area contributed by atoms with Crippen LogP contribution in [0, 0.1) is 5.41 Å². The van der Waals surface area contributed by atoms with E-state index < -0.39 is 0 Å². The van der Waals surface area contributed by atoms with Crippen molar-refractivity contribution < 1.29 is 0 Å². The lowest BCUT2D eigenvalue weighted by atomic mass is 9.81. The van der Waals surface area contributed by atoms with Gasteiger partial charge in [-0.25, -0.2) is 0 Å². The molecule has 0 aliphatic carbocycles. The Kier molecular flexibility index (Phi) is 5.67. The summed E-state index contributed by atoms with van der Waals surface area (Å²) >= 11 is 6.43. The Labute approximate surface area is 116 Å². The fourth-order valence-corrected chi connectivity index (χ4v) is 3.05. The molecular weight excluding hydrogens is 246 g/mol. The molecule has 1 unspecified atom stereocenters. The van der Waals surface area contributed by atoms with Crippen molar-refractivity contribution in [2.75, 3.05) is 13.6 Å². The number of aromatic nitrogens is 2. The Morgan fingerprint density at radius 3 is 2.50 bits per heavy atom. The highest BCUT2D eigenvalue weighted by molar-refractivity contribution is 6.31. The number of aryl methyl sites for hydroxylation is 2. The predicted molar refractivity (Wildman–Crippen MR) is 78.2 cm³/mol. The molecule has 1 rings (SSSR count). The maximum absolute atomic E-state index is 6.43. The summed E-state index contributed by atoms with van der Waals surface area (Å²) in [4.78, 5) is 0. The molecule has 0 fully saturated rings. The molecule has 104 valence electrons. The zero-order valence-electron chi connectivity index (χ0n) is 12.3. The first-order valence-corrected chi connectivity index (χ1v) is 7.20. The lowest BCUT2D eigenvalue weighted by Crippen LogP contribution is -2.32. The Hall–Kier alpha value is -0.540. The number of hydrogen-bond donors (Lipinski definition) is 1. The average molecular weight is 272 g/mol. The minimum absolute atomic E-state index is 0.242. The van der Waals surface area contributed by atoms with Gasteiger partial charge in [-0.3, -0.25) is 4.68 Å². The third kappa shape index (κ3) is 3.48. The topological polar surface area (TPSA) is 29.9 Å². The molecule has 3 nitrogen and oxygen atoms in total. The molecule has 0 radical (unpaired) electrons. The van der Waals surface area contributed by atoms with Crippen molar-refractivity contribution in [2.45, 2.75) is 46.5 Å². The summed E-state index contributed by atoms with van der Waals surface area (Å²) in [6, 6.07) is 0. The summed E-state index contributed by atoms with van der Waals surface area (Å²) in [5, 5.41) is 8.66. The zero-order chi connectivity index (χ0) is 13.8. The highest BCUT2D eigenvalue weighted by atomic mass is 35.5. The normalized spacial score (nSPS) is 14.8. The van der Waals surface area contributed by atoms with Gasteiger partial charge in [-0.15, -0.1) is 0 Å². The van der Waals surface area contributed by atoms with E-state index in [1.54, 1.807) is 0 Å². The summed E-state index contributed by atoms with van der Waals surface area (Å²) < 4.78 is 1.95. The molecule has 0 aromatic carbocycles. The Morgan fingerprint density at radius 2 is 2.06 bits per heavy atom. The fraction of sp³-hybridized carbons (Fsp3) is 0.786. The summed E-state index contributed by atoms with van der Waals surface area (Å²) in [6.07, 6.45) is 4.25. The monoisotopic (exact) mass is 271 g/mol. The van der Waals surface area contributed by atoms with Crippen molar-refractivity contribution in [1.82, 2.24) is 15.1 Å². The molecule has 1 aromatic heterocycles. The smallest absolute Gasteiger partial charge is 0.0849 e. The minimum Gasteiger partial charge on any atom is -0.319 e. The Morgan fingerprint density at radius 1 is 1.39 bits per heavy atom. The molecule has 4 heteroatoms. The molecule has 0 saturated carbocycles. The quantitative estimate of drug-likeness (QED) is 0.825. The van der Waals surface area contributed by atoms with Crippen LogP contribution in [0.5, 0.6) is 0 Å². The molecule has 0 amide bonds. The average Bonchev–Trinajstić information content (AvgIpc) is 2.57. The van der Waals surface area contributed by atoms with Gasteiger partial charge in [0, 0.05) is 13.6 Å². The molecule has 0 bridgehead atoms. The van der Waals surface area contributed by atoms with Crippen LogP contribution in [0.15, 0.2) is 0 Å². The predicted octanol–water partition coefficient (Wildman–Crippen LogP) is 3.20. The van der Waals surface area contributed by atoms with Crippen LogP contribution in [-0.2, 0) is 19.9 Å². The molecule has 1 N–H and O–H groups in total. The van der Waals surface area contributed by atoms with Crippen molar-refractivity contribution >= 4 is 11.6 Å². The van der Waals surface area contributed by atoms with Crippen LogP contribution in [0.1, 0.15) is 45.0 Å². The summed E-state index contributed by atoms with van der Waals surface area (Å²) in [6.45, 7) is 7.65. The van der Waals surface area contributed by atoms with E-state index >= 15 is 0 Å². The lowest BCUT2D eigenvalue weighted by molar-refractivity contribution is 0.277. The van der Waals surface area contributed by atoms with Gasteiger partial charge < -0.3 is 5.32 Å². The number of nitrogens with zero attached hydrogens (tertiary/aromatic N) is 2. The van der Waals surface area contributed by atoms with Crippen LogP contribution in [0.25, 0.3) is 0 Å². The molecule has 0 spiro atoms. The second-order valence-corrected chi connectivity index (χ2v) is 5.83. The molecule has 1 atom stereocenters. The van der Waals surface area contributed by atoms with Crippen LogP contribution in [0.4, 0.5) is 0 Å². The van der Waals surface area contributed by atoms with Gasteiger partial charge in [0.25, 0.3) is 0 Å². The highest BCUT2D eigenvalue weighted by Gasteiger charge is 2.26. The molecule has 1 aromatic rings. The van der Waals surface area contributed by atoms with Gasteiger partial charge in [-0.05, 0) is 31.7 Å². The summed E-state index contributed by atoms with van der Waals surface area (Å²) in [5.74, 6) is 0. The van der Waals surface area contributed by atoms with Gasteiger partial charge >= 0.3 is 0 Å². The first kappa shape index (κ1) is 15.5.